The van der Waals surface area contributed by atoms with Gasteiger partial charge in [0, 0.05) is 17.8 Å². The van der Waals surface area contributed by atoms with Crippen LogP contribution in [0.4, 0.5) is 4.79 Å². The quantitative estimate of drug-likeness (QED) is 0.756. The Morgan fingerprint density at radius 1 is 1.56 bits per heavy atom. The van der Waals surface area contributed by atoms with Crippen molar-refractivity contribution in [3.63, 3.8) is 0 Å². The number of hydrogen-bond acceptors (Lipinski definition) is 4. The van der Waals surface area contributed by atoms with E-state index in [1.807, 2.05) is 20.8 Å². The Kier molecular flexibility index (Phi) is 3.14. The van der Waals surface area contributed by atoms with Gasteiger partial charge in [0.15, 0.2) is 0 Å². The first-order valence-corrected chi connectivity index (χ1v) is 6.28. The van der Waals surface area contributed by atoms with Crippen molar-refractivity contribution in [2.45, 2.75) is 39.8 Å². The molecule has 16 heavy (non-hydrogen) atoms. The molecule has 1 aliphatic heterocycles. The number of fused-ring (bicyclic) bond motifs is 1. The maximum Gasteiger partial charge on any atom is 0.410 e. The molecule has 0 aliphatic carbocycles. The second kappa shape index (κ2) is 4.41. The molecule has 5 heteroatoms. The third-order valence-electron chi connectivity index (χ3n) is 2.43. The van der Waals surface area contributed by atoms with Crippen LogP contribution >= 0.6 is 11.3 Å². The van der Waals surface area contributed by atoms with Crippen molar-refractivity contribution in [1.82, 2.24) is 9.88 Å². The van der Waals surface area contributed by atoms with Crippen molar-refractivity contribution in [3.8, 4) is 0 Å². The fraction of sp³-hybridized carbons (Fsp3) is 0.636. The summed E-state index contributed by atoms with van der Waals surface area (Å²) in [7, 11) is 0. The van der Waals surface area contributed by atoms with Crippen molar-refractivity contribution in [1.29, 1.82) is 0 Å². The van der Waals surface area contributed by atoms with Crippen LogP contribution in [0.25, 0.3) is 0 Å². The summed E-state index contributed by atoms with van der Waals surface area (Å²) in [5.41, 5.74) is 1.15. The normalized spacial score (nSPS) is 15.1. The number of carbonyl (C=O) groups excluding carboxylic acids is 1. The van der Waals surface area contributed by atoms with Gasteiger partial charge in [0.1, 0.15) is 0 Å². The molecule has 0 N–H and O–H groups in total. The van der Waals surface area contributed by atoms with Gasteiger partial charge in [-0.15, -0.1) is 11.3 Å². The summed E-state index contributed by atoms with van der Waals surface area (Å²) >= 11 is 1.67. The number of amides is 1. The number of thiazole rings is 1. The summed E-state index contributed by atoms with van der Waals surface area (Å²) in [6, 6.07) is 0. The van der Waals surface area contributed by atoms with Gasteiger partial charge in [-0.25, -0.2) is 9.78 Å². The van der Waals surface area contributed by atoms with Gasteiger partial charge in [-0.3, -0.25) is 0 Å². The zero-order valence-corrected chi connectivity index (χ0v) is 10.6. The first kappa shape index (κ1) is 11.4. The van der Waals surface area contributed by atoms with E-state index in [0.29, 0.717) is 13.1 Å². The molecule has 1 aromatic heterocycles. The summed E-state index contributed by atoms with van der Waals surface area (Å²) in [6.45, 7) is 7.09. The molecule has 2 heterocycles. The van der Waals surface area contributed by atoms with Gasteiger partial charge in [0.2, 0.25) is 0 Å². The molecular formula is C11H16N2O2S. The molecule has 0 radical (unpaired) electrons. The van der Waals surface area contributed by atoms with Crippen molar-refractivity contribution in [2.75, 3.05) is 6.54 Å². The number of aromatic nitrogens is 1. The summed E-state index contributed by atoms with van der Waals surface area (Å²) in [4.78, 5) is 19.1. The van der Waals surface area contributed by atoms with E-state index in [4.69, 9.17) is 4.74 Å². The molecule has 0 bridgehead atoms. The Hall–Kier alpha value is -1.10. The van der Waals surface area contributed by atoms with E-state index in [1.54, 1.807) is 16.2 Å². The highest BCUT2D eigenvalue weighted by atomic mass is 32.1. The monoisotopic (exact) mass is 240 g/mol. The lowest BCUT2D eigenvalue weighted by atomic mass is 10.2. The van der Waals surface area contributed by atoms with E-state index in [-0.39, 0.29) is 12.2 Å². The fourth-order valence-electron chi connectivity index (χ4n) is 1.76. The number of aryl methyl sites for hydroxylation is 1. The van der Waals surface area contributed by atoms with Crippen LogP contribution in [-0.4, -0.2) is 28.6 Å². The lowest BCUT2D eigenvalue weighted by Gasteiger charge is -2.26. The summed E-state index contributed by atoms with van der Waals surface area (Å²) in [5.74, 6) is 0. The molecule has 0 fully saturated rings. The second-order valence-electron chi connectivity index (χ2n) is 4.21. The summed E-state index contributed by atoms with van der Waals surface area (Å²) in [5, 5.41) is 1.07. The van der Waals surface area contributed by atoms with Crippen molar-refractivity contribution < 1.29 is 9.53 Å². The van der Waals surface area contributed by atoms with Crippen LogP contribution in [0.5, 0.6) is 0 Å². The Balaban J connectivity index is 2.04. The Morgan fingerprint density at radius 3 is 3.00 bits per heavy atom. The number of ether oxygens (including phenoxy) is 1. The van der Waals surface area contributed by atoms with Crippen LogP contribution in [0.1, 0.15) is 29.4 Å². The molecule has 0 aromatic carbocycles. The maximum atomic E-state index is 11.7. The molecule has 4 nitrogen and oxygen atoms in total. The standard InChI is InChI=1S/C11H16N2O2S/c1-7(2)15-11(14)13-5-4-9-10(6-13)16-8(3)12-9/h7H,4-6H2,1-3H3. The highest BCUT2D eigenvalue weighted by molar-refractivity contribution is 7.11. The highest BCUT2D eigenvalue weighted by Gasteiger charge is 2.24. The van der Waals surface area contributed by atoms with Gasteiger partial charge >= 0.3 is 6.09 Å². The number of rotatable bonds is 1. The Morgan fingerprint density at radius 2 is 2.31 bits per heavy atom. The molecule has 1 aliphatic rings. The number of carbonyl (C=O) groups is 1. The minimum absolute atomic E-state index is 0.0582. The van der Waals surface area contributed by atoms with Crippen LogP contribution < -0.4 is 0 Å². The molecule has 0 spiro atoms. The third-order valence-corrected chi connectivity index (χ3v) is 3.43. The van der Waals surface area contributed by atoms with Crippen molar-refractivity contribution in [3.05, 3.63) is 15.6 Å². The van der Waals surface area contributed by atoms with E-state index in [9.17, 15) is 4.79 Å². The smallest absolute Gasteiger partial charge is 0.410 e. The largest absolute Gasteiger partial charge is 0.447 e. The molecule has 0 saturated heterocycles. The molecule has 88 valence electrons. The maximum absolute atomic E-state index is 11.7. The van der Waals surface area contributed by atoms with Gasteiger partial charge in [-0.05, 0) is 20.8 Å². The van der Waals surface area contributed by atoms with Crippen LogP contribution in [0, 0.1) is 6.92 Å². The molecule has 0 unspecified atom stereocenters. The molecule has 1 aromatic rings. The molecule has 1 amide bonds. The van der Waals surface area contributed by atoms with Gasteiger partial charge in [-0.2, -0.15) is 0 Å². The van der Waals surface area contributed by atoms with Crippen molar-refractivity contribution >= 4 is 17.4 Å². The number of hydrogen-bond donors (Lipinski definition) is 0. The van der Waals surface area contributed by atoms with E-state index in [2.05, 4.69) is 4.98 Å². The van der Waals surface area contributed by atoms with Crippen LogP contribution in [-0.2, 0) is 17.7 Å². The second-order valence-corrected chi connectivity index (χ2v) is 5.49. The van der Waals surface area contributed by atoms with Gasteiger partial charge in [0.05, 0.1) is 23.4 Å². The fourth-order valence-corrected chi connectivity index (χ4v) is 2.75. The van der Waals surface area contributed by atoms with Crippen molar-refractivity contribution in [2.24, 2.45) is 0 Å². The van der Waals surface area contributed by atoms with Gasteiger partial charge in [-0.1, -0.05) is 0 Å². The van der Waals surface area contributed by atoms with Gasteiger partial charge < -0.3 is 9.64 Å². The van der Waals surface area contributed by atoms with Gasteiger partial charge in [0.25, 0.3) is 0 Å². The van der Waals surface area contributed by atoms with E-state index in [0.717, 1.165) is 17.1 Å². The van der Waals surface area contributed by atoms with E-state index < -0.39 is 0 Å². The summed E-state index contributed by atoms with van der Waals surface area (Å²) in [6.07, 6.45) is 0.566. The SMILES string of the molecule is Cc1nc2c(s1)CN(C(=O)OC(C)C)CC2. The Labute approximate surface area is 99.2 Å². The van der Waals surface area contributed by atoms with Crippen LogP contribution in [0.3, 0.4) is 0 Å². The third kappa shape index (κ3) is 2.35. The number of nitrogens with zero attached hydrogens (tertiary/aromatic N) is 2. The molecule has 0 saturated carbocycles. The summed E-state index contributed by atoms with van der Waals surface area (Å²) < 4.78 is 5.18. The zero-order valence-electron chi connectivity index (χ0n) is 9.82. The molecular weight excluding hydrogens is 224 g/mol. The predicted molar refractivity (Wildman–Crippen MR) is 62.6 cm³/mol. The van der Waals surface area contributed by atoms with E-state index in [1.165, 1.54) is 4.88 Å². The minimum Gasteiger partial charge on any atom is -0.447 e. The predicted octanol–water partition coefficient (Wildman–Crippen LogP) is 2.35. The Bertz CT molecular complexity index is 401. The minimum atomic E-state index is -0.216. The first-order chi connectivity index (χ1) is 7.56. The lowest BCUT2D eigenvalue weighted by Crippen LogP contribution is -2.37. The first-order valence-electron chi connectivity index (χ1n) is 5.47. The average molecular weight is 240 g/mol. The average Bonchev–Trinajstić information content (AvgIpc) is 2.55. The molecule has 2 rings (SSSR count). The highest BCUT2D eigenvalue weighted by Crippen LogP contribution is 2.24. The zero-order chi connectivity index (χ0) is 11.7. The van der Waals surface area contributed by atoms with Crippen LogP contribution in [0.15, 0.2) is 0 Å². The molecule has 0 atom stereocenters. The van der Waals surface area contributed by atoms with Crippen LogP contribution in [0.2, 0.25) is 0 Å². The van der Waals surface area contributed by atoms with E-state index >= 15 is 0 Å². The lowest BCUT2D eigenvalue weighted by molar-refractivity contribution is 0.0732. The topological polar surface area (TPSA) is 42.4 Å².